The number of oxime groups is 1. The van der Waals surface area contributed by atoms with Crippen LogP contribution in [0.1, 0.15) is 60.2 Å². The van der Waals surface area contributed by atoms with Gasteiger partial charge in [0, 0.05) is 49.2 Å². The maximum Gasteiger partial charge on any atom is 0.225 e. The number of hydrogen-bond donors (Lipinski definition) is 1. The second kappa shape index (κ2) is 10.4. The summed E-state index contributed by atoms with van der Waals surface area (Å²) >= 11 is 1.72. The van der Waals surface area contributed by atoms with Crippen LogP contribution >= 0.6 is 11.3 Å². The van der Waals surface area contributed by atoms with Gasteiger partial charge in [-0.25, -0.2) is 4.98 Å². The summed E-state index contributed by atoms with van der Waals surface area (Å²) in [5.74, 6) is 0.675. The lowest BCUT2D eigenvalue weighted by Crippen LogP contribution is -2.49. The highest BCUT2D eigenvalue weighted by molar-refractivity contribution is 7.16. The van der Waals surface area contributed by atoms with Crippen LogP contribution in [0.15, 0.2) is 23.4 Å². The van der Waals surface area contributed by atoms with E-state index in [1.807, 2.05) is 0 Å². The van der Waals surface area contributed by atoms with Crippen LogP contribution in [0.2, 0.25) is 0 Å². The molecular weight excluding hydrogens is 446 g/mol. The van der Waals surface area contributed by atoms with Gasteiger partial charge in [0.2, 0.25) is 5.91 Å². The van der Waals surface area contributed by atoms with E-state index in [2.05, 4.69) is 45.4 Å². The summed E-state index contributed by atoms with van der Waals surface area (Å²) in [6, 6.07) is 6.46. The van der Waals surface area contributed by atoms with Gasteiger partial charge in [0.25, 0.3) is 0 Å². The predicted molar refractivity (Wildman–Crippen MR) is 137 cm³/mol. The van der Waals surface area contributed by atoms with Gasteiger partial charge in [0.05, 0.1) is 0 Å². The molecule has 7 nitrogen and oxygen atoms in total. The molecule has 2 aromatic rings. The topological polar surface area (TPSA) is 70.1 Å². The number of fused-ring (bicyclic) bond motifs is 1. The second-order valence-electron chi connectivity index (χ2n) is 9.66. The Balaban J connectivity index is 1.22. The van der Waals surface area contributed by atoms with Gasteiger partial charge >= 0.3 is 0 Å². The molecule has 182 valence electrons. The Bertz CT molecular complexity index is 1050. The minimum Gasteiger partial charge on any atom is -0.399 e. The van der Waals surface area contributed by atoms with Crippen LogP contribution in [-0.2, 0) is 22.6 Å². The number of piperazine rings is 1. The number of nitrogens with zero attached hydrogens (tertiary/aromatic N) is 4. The van der Waals surface area contributed by atoms with E-state index in [9.17, 15) is 4.79 Å². The van der Waals surface area contributed by atoms with Crippen LogP contribution in [0.25, 0.3) is 0 Å². The number of anilines is 2. The fourth-order valence-corrected chi connectivity index (χ4v) is 6.48. The molecule has 1 amide bonds. The summed E-state index contributed by atoms with van der Waals surface area (Å²) in [4.78, 5) is 28.5. The molecule has 0 spiro atoms. The Hall–Kier alpha value is -2.45. The molecule has 34 heavy (non-hydrogen) atoms. The standard InChI is InChI=1S/C26H35N5O2S/c1-18-20(17-30-13-15-31(16-14-30)25(32)19-7-3-4-8-19)9-5-10-21(18)27-26-28-24-22(29-33-2)11-6-12-23(24)34-26/h5,9-10,19H,3-4,6-8,11-17H2,1-2H3,(H,27,28)/b29-22+. The molecule has 1 aromatic carbocycles. The van der Waals surface area contributed by atoms with Gasteiger partial charge in [-0.1, -0.05) is 30.1 Å². The normalized spacial score (nSPS) is 20.5. The van der Waals surface area contributed by atoms with Crippen LogP contribution in [-0.4, -0.2) is 59.7 Å². The summed E-state index contributed by atoms with van der Waals surface area (Å²) in [6.07, 6.45) is 7.65. The third-order valence-corrected chi connectivity index (χ3v) is 8.49. The Morgan fingerprint density at radius 2 is 1.97 bits per heavy atom. The zero-order valence-electron chi connectivity index (χ0n) is 20.3. The lowest BCUT2D eigenvalue weighted by atomic mass is 10.0. The SMILES string of the molecule is CO/N=C1\CCCc2sc(Nc3cccc(CN4CCN(C(=O)C5CCCC5)CC4)c3C)nc21. The van der Waals surface area contributed by atoms with Crippen molar-refractivity contribution in [2.75, 3.05) is 38.6 Å². The molecule has 0 unspecified atom stereocenters. The average molecular weight is 482 g/mol. The second-order valence-corrected chi connectivity index (χ2v) is 10.7. The lowest BCUT2D eigenvalue weighted by molar-refractivity contribution is -0.137. The number of thiazole rings is 1. The molecule has 2 fully saturated rings. The molecule has 0 radical (unpaired) electrons. The van der Waals surface area contributed by atoms with E-state index >= 15 is 0 Å². The molecule has 1 aliphatic heterocycles. The third-order valence-electron chi connectivity index (χ3n) is 7.46. The molecule has 5 rings (SSSR count). The zero-order chi connectivity index (χ0) is 23.5. The molecule has 0 atom stereocenters. The molecule has 1 aromatic heterocycles. The van der Waals surface area contributed by atoms with Crippen molar-refractivity contribution < 1.29 is 9.63 Å². The average Bonchev–Trinajstić information content (AvgIpc) is 3.52. The highest BCUT2D eigenvalue weighted by atomic mass is 32.1. The van der Waals surface area contributed by atoms with Gasteiger partial charge in [-0.2, -0.15) is 0 Å². The van der Waals surface area contributed by atoms with Crippen LogP contribution in [0, 0.1) is 12.8 Å². The van der Waals surface area contributed by atoms with Gasteiger partial charge in [-0.05, 0) is 56.2 Å². The predicted octanol–water partition coefficient (Wildman–Crippen LogP) is 4.72. The lowest BCUT2D eigenvalue weighted by Gasteiger charge is -2.36. The number of hydrogen-bond acceptors (Lipinski definition) is 7. The molecule has 2 heterocycles. The van der Waals surface area contributed by atoms with Crippen LogP contribution in [0.3, 0.4) is 0 Å². The van der Waals surface area contributed by atoms with Crippen LogP contribution in [0.5, 0.6) is 0 Å². The van der Waals surface area contributed by atoms with Crippen molar-refractivity contribution in [3.05, 3.63) is 39.9 Å². The highest BCUT2D eigenvalue weighted by Gasteiger charge is 2.29. The first-order valence-corrected chi connectivity index (χ1v) is 13.4. The molecule has 0 bridgehead atoms. The van der Waals surface area contributed by atoms with E-state index < -0.39 is 0 Å². The molecule has 8 heteroatoms. The van der Waals surface area contributed by atoms with Crippen molar-refractivity contribution in [1.29, 1.82) is 0 Å². The molecule has 2 aliphatic carbocycles. The van der Waals surface area contributed by atoms with E-state index in [0.717, 1.165) is 87.1 Å². The van der Waals surface area contributed by atoms with Crippen molar-refractivity contribution in [1.82, 2.24) is 14.8 Å². The monoisotopic (exact) mass is 481 g/mol. The van der Waals surface area contributed by atoms with Gasteiger partial charge < -0.3 is 15.1 Å². The number of aromatic nitrogens is 1. The first kappa shape index (κ1) is 23.3. The molecule has 3 aliphatic rings. The number of aryl methyl sites for hydroxylation is 1. The molecular formula is C26H35N5O2S. The van der Waals surface area contributed by atoms with Crippen LogP contribution in [0.4, 0.5) is 10.8 Å². The summed E-state index contributed by atoms with van der Waals surface area (Å²) in [6.45, 7) is 6.67. The maximum absolute atomic E-state index is 12.7. The summed E-state index contributed by atoms with van der Waals surface area (Å²) < 4.78 is 0. The Morgan fingerprint density at radius 1 is 1.18 bits per heavy atom. The molecule has 1 saturated heterocycles. The highest BCUT2D eigenvalue weighted by Crippen LogP contribution is 2.33. The van der Waals surface area contributed by atoms with E-state index in [1.165, 1.54) is 28.8 Å². The Kier molecular flexibility index (Phi) is 7.15. The van der Waals surface area contributed by atoms with Crippen molar-refractivity contribution in [3.8, 4) is 0 Å². The van der Waals surface area contributed by atoms with E-state index in [1.54, 1.807) is 18.4 Å². The zero-order valence-corrected chi connectivity index (χ0v) is 21.1. The number of nitrogens with one attached hydrogen (secondary N) is 1. The van der Waals surface area contributed by atoms with Crippen molar-refractivity contribution in [2.45, 2.75) is 58.4 Å². The summed E-state index contributed by atoms with van der Waals surface area (Å²) in [5.41, 5.74) is 5.61. The molecule has 1 N–H and O–H groups in total. The maximum atomic E-state index is 12.7. The molecule has 1 saturated carbocycles. The minimum atomic E-state index is 0.282. The van der Waals surface area contributed by atoms with Crippen molar-refractivity contribution >= 4 is 33.8 Å². The van der Waals surface area contributed by atoms with Crippen LogP contribution < -0.4 is 5.32 Å². The first-order valence-electron chi connectivity index (χ1n) is 12.6. The van der Waals surface area contributed by atoms with Gasteiger partial charge in [0.15, 0.2) is 5.13 Å². The summed E-state index contributed by atoms with van der Waals surface area (Å²) in [7, 11) is 1.59. The smallest absolute Gasteiger partial charge is 0.225 e. The quantitative estimate of drug-likeness (QED) is 0.605. The largest absolute Gasteiger partial charge is 0.399 e. The fraction of sp³-hybridized carbons (Fsp3) is 0.577. The van der Waals surface area contributed by atoms with Crippen molar-refractivity contribution in [2.24, 2.45) is 11.1 Å². The third kappa shape index (κ3) is 4.98. The Morgan fingerprint density at radius 3 is 2.74 bits per heavy atom. The number of rotatable bonds is 6. The first-order chi connectivity index (χ1) is 16.6. The fourth-order valence-electron chi connectivity index (χ4n) is 5.44. The van der Waals surface area contributed by atoms with Gasteiger partial charge in [0.1, 0.15) is 18.5 Å². The van der Waals surface area contributed by atoms with Crippen molar-refractivity contribution in [3.63, 3.8) is 0 Å². The van der Waals surface area contributed by atoms with E-state index in [0.29, 0.717) is 5.91 Å². The number of carbonyl (C=O) groups excluding carboxylic acids is 1. The van der Waals surface area contributed by atoms with E-state index in [4.69, 9.17) is 9.82 Å². The van der Waals surface area contributed by atoms with E-state index in [-0.39, 0.29) is 5.92 Å². The minimum absolute atomic E-state index is 0.282. The number of carbonyl (C=O) groups is 1. The number of amides is 1. The Labute approximate surface area is 206 Å². The van der Waals surface area contributed by atoms with Gasteiger partial charge in [-0.3, -0.25) is 9.69 Å². The number of benzene rings is 1. The van der Waals surface area contributed by atoms with Gasteiger partial charge in [-0.15, -0.1) is 11.3 Å². The summed E-state index contributed by atoms with van der Waals surface area (Å²) in [5, 5.41) is 8.66.